The van der Waals surface area contributed by atoms with Gasteiger partial charge in [0, 0.05) is 35.1 Å². The van der Waals surface area contributed by atoms with Crippen LogP contribution in [0.1, 0.15) is 77.1 Å². The molecule has 0 spiro atoms. The molecule has 43 heavy (non-hydrogen) atoms. The van der Waals surface area contributed by atoms with Gasteiger partial charge in [0.15, 0.2) is 11.6 Å². The lowest BCUT2D eigenvalue weighted by Crippen LogP contribution is -2.57. The largest absolute Gasteiger partial charge is 0.336 e. The van der Waals surface area contributed by atoms with Gasteiger partial charge in [0.2, 0.25) is 5.91 Å². The van der Waals surface area contributed by atoms with Gasteiger partial charge in [-0.15, -0.1) is 0 Å². The van der Waals surface area contributed by atoms with Crippen LogP contribution in [0.5, 0.6) is 0 Å². The molecule has 1 amide bonds. The molecule has 9 heteroatoms. The molecular formula is C34H40FN7O. The number of carbonyl (C=O) groups excluding carboxylic acids is 1. The van der Waals surface area contributed by atoms with Crippen LogP contribution in [0.25, 0.3) is 22.3 Å². The molecule has 2 aliphatic heterocycles. The first-order valence-corrected chi connectivity index (χ1v) is 15.6. The highest BCUT2D eigenvalue weighted by atomic mass is 19.1. The van der Waals surface area contributed by atoms with Gasteiger partial charge in [-0.05, 0) is 97.2 Å². The number of imidazole rings is 1. The summed E-state index contributed by atoms with van der Waals surface area (Å²) in [5.74, 6) is 0.255. The third kappa shape index (κ3) is 4.69. The summed E-state index contributed by atoms with van der Waals surface area (Å²) in [6.45, 7) is 12.4. The second-order valence-corrected chi connectivity index (χ2v) is 13.3. The van der Waals surface area contributed by atoms with Gasteiger partial charge in [-0.2, -0.15) is 0 Å². The number of halogens is 1. The number of aryl methyl sites for hydroxylation is 1. The zero-order chi connectivity index (χ0) is 30.0. The second-order valence-electron chi connectivity index (χ2n) is 13.3. The predicted octanol–water partition coefficient (Wildman–Crippen LogP) is 6.91. The molecule has 1 saturated heterocycles. The molecule has 5 heterocycles. The van der Waals surface area contributed by atoms with Crippen molar-refractivity contribution in [3.05, 3.63) is 59.9 Å². The molecule has 3 aromatic heterocycles. The summed E-state index contributed by atoms with van der Waals surface area (Å²) in [7, 11) is 0. The summed E-state index contributed by atoms with van der Waals surface area (Å²) in [4.78, 5) is 32.3. The summed E-state index contributed by atoms with van der Waals surface area (Å²) in [5.41, 5.74) is 5.67. The fourth-order valence-electron chi connectivity index (χ4n) is 7.11. The van der Waals surface area contributed by atoms with Crippen molar-refractivity contribution in [3.63, 3.8) is 0 Å². The van der Waals surface area contributed by atoms with E-state index in [1.807, 2.05) is 37.5 Å². The predicted molar refractivity (Wildman–Crippen MR) is 168 cm³/mol. The molecule has 1 saturated carbocycles. The number of nitrogens with one attached hydrogen (secondary N) is 1. The molecule has 4 aromatic rings. The molecular weight excluding hydrogens is 541 g/mol. The molecule has 224 valence electrons. The van der Waals surface area contributed by atoms with E-state index >= 15 is 0 Å². The SMILES string of the molecule is Cc1cc(Nc2nc(-c3ccc4c(c3)N(C3CC(N5CCCCC5)C3)C(=O)C4(C)C)cc3ncn(C(C)C)c23)c(F)cn1. The highest BCUT2D eigenvalue weighted by molar-refractivity contribution is 6.08. The van der Waals surface area contributed by atoms with Gasteiger partial charge in [0.05, 0.1) is 34.8 Å². The van der Waals surface area contributed by atoms with E-state index in [-0.39, 0.29) is 18.0 Å². The number of pyridine rings is 2. The Morgan fingerprint density at radius 3 is 2.53 bits per heavy atom. The number of nitrogens with zero attached hydrogens (tertiary/aromatic N) is 6. The van der Waals surface area contributed by atoms with Crippen LogP contribution in [0.15, 0.2) is 42.9 Å². The first kappa shape index (κ1) is 28.0. The Balaban J connectivity index is 1.27. The van der Waals surface area contributed by atoms with Gasteiger partial charge in [-0.1, -0.05) is 18.6 Å². The van der Waals surface area contributed by atoms with E-state index in [1.54, 1.807) is 12.4 Å². The minimum atomic E-state index is -0.582. The molecule has 1 N–H and O–H groups in total. The molecule has 2 fully saturated rings. The zero-order valence-electron chi connectivity index (χ0n) is 25.7. The van der Waals surface area contributed by atoms with Crippen LogP contribution in [0.4, 0.5) is 21.6 Å². The average Bonchev–Trinajstić information content (AvgIpc) is 3.48. The number of aromatic nitrogens is 4. The molecule has 0 unspecified atom stereocenters. The Hall–Kier alpha value is -3.85. The highest BCUT2D eigenvalue weighted by Gasteiger charge is 2.50. The standard InChI is InChI=1S/C34H40FN7O/c1-20(2)41-19-37-29-17-27(38-32(31(29)41)39-28-13-21(3)36-18-26(28)35)22-9-10-25-30(14-22)42(33(43)34(25,4)5)24-15-23(16-24)40-11-7-6-8-12-40/h9-10,13-14,17-20,23-24H,6-8,11-12,15-16H2,1-5H3,(H,36,38,39). The Bertz CT molecular complexity index is 1720. The van der Waals surface area contributed by atoms with E-state index in [0.717, 1.165) is 46.4 Å². The average molecular weight is 582 g/mol. The summed E-state index contributed by atoms with van der Waals surface area (Å²) in [6, 6.07) is 10.8. The second kappa shape index (κ2) is 10.4. The van der Waals surface area contributed by atoms with Crippen molar-refractivity contribution in [1.82, 2.24) is 24.4 Å². The number of hydrogen-bond donors (Lipinski definition) is 1. The van der Waals surface area contributed by atoms with Crippen molar-refractivity contribution in [3.8, 4) is 11.3 Å². The number of benzene rings is 1. The molecule has 3 aliphatic rings. The summed E-state index contributed by atoms with van der Waals surface area (Å²) < 4.78 is 16.9. The lowest BCUT2D eigenvalue weighted by Gasteiger charge is -2.48. The summed E-state index contributed by atoms with van der Waals surface area (Å²) in [6.07, 6.45) is 8.96. The Morgan fingerprint density at radius 2 is 1.79 bits per heavy atom. The van der Waals surface area contributed by atoms with Crippen molar-refractivity contribution in [2.24, 2.45) is 0 Å². The van der Waals surface area contributed by atoms with Gasteiger partial charge >= 0.3 is 0 Å². The molecule has 8 nitrogen and oxygen atoms in total. The molecule has 0 bridgehead atoms. The minimum absolute atomic E-state index is 0.139. The van der Waals surface area contributed by atoms with E-state index in [4.69, 9.17) is 9.97 Å². The first-order chi connectivity index (χ1) is 20.6. The number of rotatable bonds is 6. The normalized spacial score (nSPS) is 21.8. The minimum Gasteiger partial charge on any atom is -0.336 e. The third-order valence-electron chi connectivity index (χ3n) is 9.69. The van der Waals surface area contributed by atoms with Gasteiger partial charge in [-0.3, -0.25) is 9.78 Å². The topological polar surface area (TPSA) is 79.2 Å². The number of likely N-dealkylation sites (tertiary alicyclic amines) is 1. The van der Waals surface area contributed by atoms with Gasteiger partial charge in [-0.25, -0.2) is 14.4 Å². The third-order valence-corrected chi connectivity index (χ3v) is 9.69. The lowest BCUT2D eigenvalue weighted by molar-refractivity contribution is -0.123. The molecule has 7 rings (SSSR count). The van der Waals surface area contributed by atoms with Crippen molar-refractivity contribution < 1.29 is 9.18 Å². The summed E-state index contributed by atoms with van der Waals surface area (Å²) >= 11 is 0. The number of anilines is 3. The maximum atomic E-state index is 14.8. The number of hydrogen-bond acceptors (Lipinski definition) is 6. The monoisotopic (exact) mass is 581 g/mol. The number of piperidine rings is 1. The highest BCUT2D eigenvalue weighted by Crippen LogP contribution is 2.48. The van der Waals surface area contributed by atoms with E-state index in [1.165, 1.54) is 38.5 Å². The van der Waals surface area contributed by atoms with Crippen LogP contribution in [-0.2, 0) is 10.2 Å². The lowest BCUT2D eigenvalue weighted by atomic mass is 9.82. The Labute approximate surface area is 252 Å². The van der Waals surface area contributed by atoms with Crippen molar-refractivity contribution in [1.29, 1.82) is 0 Å². The quantitative estimate of drug-likeness (QED) is 0.267. The molecule has 1 aromatic carbocycles. The van der Waals surface area contributed by atoms with Crippen LogP contribution < -0.4 is 10.2 Å². The maximum Gasteiger partial charge on any atom is 0.237 e. The zero-order valence-corrected chi connectivity index (χ0v) is 25.7. The first-order valence-electron chi connectivity index (χ1n) is 15.6. The molecule has 1 aliphatic carbocycles. The number of amides is 1. The van der Waals surface area contributed by atoms with E-state index < -0.39 is 11.2 Å². The van der Waals surface area contributed by atoms with Gasteiger partial charge in [0.1, 0.15) is 5.52 Å². The van der Waals surface area contributed by atoms with Crippen molar-refractivity contribution in [2.75, 3.05) is 23.3 Å². The fraction of sp³-hybridized carbons (Fsp3) is 0.471. The molecule has 0 atom stereocenters. The van der Waals surface area contributed by atoms with Crippen LogP contribution in [0.2, 0.25) is 0 Å². The van der Waals surface area contributed by atoms with Crippen LogP contribution >= 0.6 is 0 Å². The Morgan fingerprint density at radius 1 is 1.02 bits per heavy atom. The maximum absolute atomic E-state index is 14.8. The number of fused-ring (bicyclic) bond motifs is 2. The van der Waals surface area contributed by atoms with Crippen molar-refractivity contribution in [2.45, 2.75) is 90.3 Å². The van der Waals surface area contributed by atoms with E-state index in [2.05, 4.69) is 46.1 Å². The Kier molecular flexibility index (Phi) is 6.76. The van der Waals surface area contributed by atoms with Gasteiger partial charge in [0.25, 0.3) is 0 Å². The van der Waals surface area contributed by atoms with Crippen LogP contribution in [0, 0.1) is 12.7 Å². The van der Waals surface area contributed by atoms with Gasteiger partial charge < -0.3 is 19.7 Å². The molecule has 0 radical (unpaired) electrons. The van der Waals surface area contributed by atoms with Crippen LogP contribution in [-0.4, -0.2) is 55.5 Å². The van der Waals surface area contributed by atoms with E-state index in [0.29, 0.717) is 23.2 Å². The number of carbonyl (C=O) groups is 1. The van der Waals surface area contributed by atoms with E-state index in [9.17, 15) is 9.18 Å². The smallest absolute Gasteiger partial charge is 0.237 e. The summed E-state index contributed by atoms with van der Waals surface area (Å²) in [5, 5.41) is 3.25. The van der Waals surface area contributed by atoms with Crippen molar-refractivity contribution >= 4 is 34.1 Å². The van der Waals surface area contributed by atoms with Crippen LogP contribution in [0.3, 0.4) is 0 Å². The fourth-order valence-corrected chi connectivity index (χ4v) is 7.11.